The quantitative estimate of drug-likeness (QED) is 0.827. The molecule has 6 heteroatoms. The highest BCUT2D eigenvalue weighted by atomic mass is 79.9. The van der Waals surface area contributed by atoms with Crippen LogP contribution in [0.5, 0.6) is 0 Å². The Morgan fingerprint density at radius 2 is 1.90 bits per heavy atom. The molecule has 2 aromatic rings. The molecular formula is C15H18BrFN4. The Labute approximate surface area is 132 Å². The number of rotatable bonds is 5. The lowest BCUT2D eigenvalue weighted by molar-refractivity contribution is 0.621. The molecule has 0 aliphatic heterocycles. The second kappa shape index (κ2) is 6.85. The lowest BCUT2D eigenvalue weighted by Gasteiger charge is -2.14. The van der Waals surface area contributed by atoms with E-state index in [1.807, 2.05) is 13.8 Å². The van der Waals surface area contributed by atoms with Crippen molar-refractivity contribution < 1.29 is 4.39 Å². The van der Waals surface area contributed by atoms with Crippen molar-refractivity contribution in [1.29, 1.82) is 0 Å². The van der Waals surface area contributed by atoms with E-state index >= 15 is 0 Å². The van der Waals surface area contributed by atoms with Crippen LogP contribution in [0.2, 0.25) is 0 Å². The van der Waals surface area contributed by atoms with Crippen LogP contribution in [0.15, 0.2) is 22.7 Å². The van der Waals surface area contributed by atoms with Crippen LogP contribution < -0.4 is 10.6 Å². The number of halogens is 2. The number of hydrogen-bond donors (Lipinski definition) is 2. The first kappa shape index (κ1) is 15.7. The highest BCUT2D eigenvalue weighted by molar-refractivity contribution is 9.10. The van der Waals surface area contributed by atoms with E-state index < -0.39 is 0 Å². The minimum Gasteiger partial charge on any atom is -0.370 e. The van der Waals surface area contributed by atoms with Crippen molar-refractivity contribution in [3.63, 3.8) is 0 Å². The summed E-state index contributed by atoms with van der Waals surface area (Å²) in [7, 11) is 0. The molecule has 0 spiro atoms. The zero-order valence-corrected chi connectivity index (χ0v) is 13.9. The first-order chi connectivity index (χ1) is 10.0. The molecule has 1 aromatic carbocycles. The van der Waals surface area contributed by atoms with Crippen molar-refractivity contribution in [1.82, 2.24) is 9.97 Å². The molecule has 0 amide bonds. The van der Waals surface area contributed by atoms with Crippen LogP contribution in [0, 0.1) is 19.7 Å². The van der Waals surface area contributed by atoms with E-state index in [2.05, 4.69) is 43.5 Å². The van der Waals surface area contributed by atoms with Crippen LogP contribution in [-0.4, -0.2) is 16.5 Å². The van der Waals surface area contributed by atoms with Crippen LogP contribution in [0.3, 0.4) is 0 Å². The number of nitrogens with one attached hydrogen (secondary N) is 2. The number of aryl methyl sites for hydroxylation is 1. The van der Waals surface area contributed by atoms with Gasteiger partial charge in [0.25, 0.3) is 0 Å². The van der Waals surface area contributed by atoms with E-state index in [1.54, 1.807) is 12.1 Å². The second-order valence-electron chi connectivity index (χ2n) is 4.77. The van der Waals surface area contributed by atoms with Gasteiger partial charge in [0.05, 0.1) is 4.47 Å². The summed E-state index contributed by atoms with van der Waals surface area (Å²) in [4.78, 5) is 8.83. The highest BCUT2D eigenvalue weighted by Crippen LogP contribution is 2.26. The molecule has 2 N–H and O–H groups in total. The standard InChI is InChI=1S/C15H18BrFN4/c1-4-7-18-14-9(2)15(20-10(3)19-14)21-11-5-6-13(17)12(16)8-11/h5-6,8H,4,7H2,1-3H3,(H2,18,19,20,21). The molecule has 0 aliphatic rings. The van der Waals surface area contributed by atoms with Crippen LogP contribution in [0.4, 0.5) is 21.7 Å². The topological polar surface area (TPSA) is 49.8 Å². The fraction of sp³-hybridized carbons (Fsp3) is 0.333. The van der Waals surface area contributed by atoms with Gasteiger partial charge in [-0.3, -0.25) is 0 Å². The summed E-state index contributed by atoms with van der Waals surface area (Å²) in [6, 6.07) is 4.77. The fourth-order valence-corrected chi connectivity index (χ4v) is 2.26. The summed E-state index contributed by atoms with van der Waals surface area (Å²) in [6.45, 7) is 6.77. The average molecular weight is 353 g/mol. The molecule has 1 heterocycles. The third kappa shape index (κ3) is 3.91. The molecule has 1 aromatic heterocycles. The maximum Gasteiger partial charge on any atom is 0.139 e. The molecule has 0 atom stereocenters. The van der Waals surface area contributed by atoms with Gasteiger partial charge in [-0.2, -0.15) is 0 Å². The first-order valence-electron chi connectivity index (χ1n) is 6.82. The molecule has 0 fully saturated rings. The number of anilines is 3. The largest absolute Gasteiger partial charge is 0.370 e. The molecule has 2 rings (SSSR count). The van der Waals surface area contributed by atoms with Crippen LogP contribution in [0.25, 0.3) is 0 Å². The molecule has 4 nitrogen and oxygen atoms in total. The van der Waals surface area contributed by atoms with Crippen molar-refractivity contribution in [3.05, 3.63) is 39.9 Å². The van der Waals surface area contributed by atoms with E-state index in [0.29, 0.717) is 10.3 Å². The van der Waals surface area contributed by atoms with Crippen LogP contribution >= 0.6 is 15.9 Å². The van der Waals surface area contributed by atoms with Crippen LogP contribution in [-0.2, 0) is 0 Å². The Hall–Kier alpha value is -1.69. The van der Waals surface area contributed by atoms with Crippen molar-refractivity contribution in [2.75, 3.05) is 17.2 Å². The predicted molar refractivity (Wildman–Crippen MR) is 87.7 cm³/mol. The zero-order chi connectivity index (χ0) is 15.4. The van der Waals surface area contributed by atoms with Gasteiger partial charge in [0.15, 0.2) is 0 Å². The molecule has 21 heavy (non-hydrogen) atoms. The predicted octanol–water partition coefficient (Wildman–Crippen LogP) is 4.56. The van der Waals surface area contributed by atoms with E-state index in [0.717, 1.165) is 35.9 Å². The van der Waals surface area contributed by atoms with Crippen molar-refractivity contribution in [2.45, 2.75) is 27.2 Å². The van der Waals surface area contributed by atoms with Gasteiger partial charge < -0.3 is 10.6 Å². The lowest BCUT2D eigenvalue weighted by atomic mass is 10.2. The Kier molecular flexibility index (Phi) is 5.12. The van der Waals surface area contributed by atoms with Gasteiger partial charge in [0.2, 0.25) is 0 Å². The maximum atomic E-state index is 13.3. The van der Waals surface area contributed by atoms with E-state index in [-0.39, 0.29) is 5.82 Å². The molecule has 0 aliphatic carbocycles. The molecule has 0 saturated carbocycles. The number of benzene rings is 1. The fourth-order valence-electron chi connectivity index (χ4n) is 1.88. The summed E-state index contributed by atoms with van der Waals surface area (Å²) in [5, 5.41) is 6.50. The van der Waals surface area contributed by atoms with Gasteiger partial charge in [-0.1, -0.05) is 6.92 Å². The van der Waals surface area contributed by atoms with E-state index in [9.17, 15) is 4.39 Å². The summed E-state index contributed by atoms with van der Waals surface area (Å²) in [6.07, 6.45) is 1.02. The Morgan fingerprint density at radius 1 is 1.19 bits per heavy atom. The molecule has 0 radical (unpaired) electrons. The first-order valence-corrected chi connectivity index (χ1v) is 7.61. The Morgan fingerprint density at radius 3 is 2.57 bits per heavy atom. The molecule has 0 unspecified atom stereocenters. The van der Waals surface area contributed by atoms with Gasteiger partial charge in [-0.25, -0.2) is 14.4 Å². The van der Waals surface area contributed by atoms with E-state index in [1.165, 1.54) is 6.07 Å². The minimum atomic E-state index is -0.290. The summed E-state index contributed by atoms with van der Waals surface area (Å²) in [5.74, 6) is 1.94. The highest BCUT2D eigenvalue weighted by Gasteiger charge is 2.10. The van der Waals surface area contributed by atoms with Gasteiger partial charge in [0, 0.05) is 17.8 Å². The minimum absolute atomic E-state index is 0.290. The molecule has 0 saturated heterocycles. The number of nitrogens with zero attached hydrogens (tertiary/aromatic N) is 2. The summed E-state index contributed by atoms with van der Waals surface area (Å²) >= 11 is 3.18. The molecule has 0 bridgehead atoms. The van der Waals surface area contributed by atoms with Gasteiger partial charge >= 0.3 is 0 Å². The molecular weight excluding hydrogens is 335 g/mol. The van der Waals surface area contributed by atoms with Crippen molar-refractivity contribution in [2.24, 2.45) is 0 Å². The van der Waals surface area contributed by atoms with Crippen molar-refractivity contribution >= 4 is 33.3 Å². The van der Waals surface area contributed by atoms with Gasteiger partial charge in [-0.15, -0.1) is 0 Å². The average Bonchev–Trinajstić information content (AvgIpc) is 2.45. The smallest absolute Gasteiger partial charge is 0.139 e. The third-order valence-electron chi connectivity index (χ3n) is 2.98. The van der Waals surface area contributed by atoms with Gasteiger partial charge in [0.1, 0.15) is 23.3 Å². The molecule has 112 valence electrons. The zero-order valence-electron chi connectivity index (χ0n) is 12.3. The summed E-state index contributed by atoms with van der Waals surface area (Å²) in [5.41, 5.74) is 1.71. The maximum absolute atomic E-state index is 13.3. The van der Waals surface area contributed by atoms with E-state index in [4.69, 9.17) is 0 Å². The number of aromatic nitrogens is 2. The number of hydrogen-bond acceptors (Lipinski definition) is 4. The van der Waals surface area contributed by atoms with Crippen LogP contribution in [0.1, 0.15) is 24.7 Å². The van der Waals surface area contributed by atoms with Gasteiger partial charge in [-0.05, 0) is 54.4 Å². The summed E-state index contributed by atoms with van der Waals surface area (Å²) < 4.78 is 13.7. The van der Waals surface area contributed by atoms with Crippen molar-refractivity contribution in [3.8, 4) is 0 Å². The SMILES string of the molecule is CCCNc1nc(C)nc(Nc2ccc(F)c(Br)c2)c1C. The second-order valence-corrected chi connectivity index (χ2v) is 5.63. The third-order valence-corrected chi connectivity index (χ3v) is 3.59. The lowest BCUT2D eigenvalue weighted by Crippen LogP contribution is -2.08. The monoisotopic (exact) mass is 352 g/mol. The normalized spacial score (nSPS) is 10.5. The Bertz CT molecular complexity index is 646. The Balaban J connectivity index is 2.30.